The molecule has 1 aromatic heterocycles. The van der Waals surface area contributed by atoms with Crippen molar-refractivity contribution in [2.24, 2.45) is 11.8 Å². The maximum atomic E-state index is 12.6. The molecule has 1 N–H and O–H groups in total. The van der Waals surface area contributed by atoms with Gasteiger partial charge in [0.15, 0.2) is 0 Å². The Kier molecular flexibility index (Phi) is 2.70. The first kappa shape index (κ1) is 11.9. The van der Waals surface area contributed by atoms with E-state index in [0.29, 0.717) is 11.8 Å². The van der Waals surface area contributed by atoms with Crippen molar-refractivity contribution in [1.82, 2.24) is 15.2 Å². The molecule has 1 amide bonds. The molecule has 3 heterocycles. The lowest BCUT2D eigenvalue weighted by atomic mass is 10.0. The lowest BCUT2D eigenvalue weighted by Gasteiger charge is -2.17. The van der Waals surface area contributed by atoms with Crippen molar-refractivity contribution in [3.8, 4) is 0 Å². The highest BCUT2D eigenvalue weighted by Gasteiger charge is 2.38. The van der Waals surface area contributed by atoms with Gasteiger partial charge in [-0.2, -0.15) is 0 Å². The molecule has 0 spiro atoms. The molecular weight excluding hydrogens is 250 g/mol. The van der Waals surface area contributed by atoms with Crippen LogP contribution in [0.5, 0.6) is 0 Å². The molecule has 0 radical (unpaired) electrons. The van der Waals surface area contributed by atoms with Gasteiger partial charge in [-0.05, 0) is 36.1 Å². The van der Waals surface area contributed by atoms with Crippen LogP contribution in [0.1, 0.15) is 10.4 Å². The normalized spacial score (nSPS) is 25.1. The van der Waals surface area contributed by atoms with Crippen LogP contribution in [0.15, 0.2) is 36.5 Å². The second-order valence-electron chi connectivity index (χ2n) is 5.80. The lowest BCUT2D eigenvalue weighted by molar-refractivity contribution is 0.0782. The molecule has 0 aliphatic carbocycles. The number of aromatic nitrogens is 1. The summed E-state index contributed by atoms with van der Waals surface area (Å²) in [7, 11) is 0. The van der Waals surface area contributed by atoms with Gasteiger partial charge in [0.2, 0.25) is 0 Å². The molecule has 4 rings (SSSR count). The predicted molar refractivity (Wildman–Crippen MR) is 77.5 cm³/mol. The van der Waals surface area contributed by atoms with E-state index in [2.05, 4.69) is 10.3 Å². The summed E-state index contributed by atoms with van der Waals surface area (Å²) in [5.41, 5.74) is 1.71. The number of nitrogens with one attached hydrogen (secondary N) is 1. The fraction of sp³-hybridized carbons (Fsp3) is 0.375. The van der Waals surface area contributed by atoms with Gasteiger partial charge in [-0.15, -0.1) is 0 Å². The van der Waals surface area contributed by atoms with Gasteiger partial charge in [0.05, 0.1) is 5.52 Å². The highest BCUT2D eigenvalue weighted by atomic mass is 16.2. The molecule has 20 heavy (non-hydrogen) atoms. The molecule has 0 unspecified atom stereocenters. The summed E-state index contributed by atoms with van der Waals surface area (Å²) in [5, 5.41) is 4.43. The number of fused-ring (bicyclic) bond motifs is 2. The number of carbonyl (C=O) groups excluding carboxylic acids is 1. The number of benzene rings is 1. The lowest BCUT2D eigenvalue weighted by Crippen LogP contribution is -2.31. The fourth-order valence-corrected chi connectivity index (χ4v) is 3.41. The van der Waals surface area contributed by atoms with Gasteiger partial charge in [-0.1, -0.05) is 6.07 Å². The third-order valence-corrected chi connectivity index (χ3v) is 4.53. The number of rotatable bonds is 1. The van der Waals surface area contributed by atoms with Gasteiger partial charge < -0.3 is 10.2 Å². The summed E-state index contributed by atoms with van der Waals surface area (Å²) in [5.74, 6) is 1.44. The first-order valence-electron chi connectivity index (χ1n) is 7.16. The minimum Gasteiger partial charge on any atom is -0.338 e. The Labute approximate surface area is 117 Å². The van der Waals surface area contributed by atoms with Crippen LogP contribution in [0, 0.1) is 11.8 Å². The van der Waals surface area contributed by atoms with Gasteiger partial charge in [0.25, 0.3) is 5.91 Å². The zero-order valence-corrected chi connectivity index (χ0v) is 11.2. The summed E-state index contributed by atoms with van der Waals surface area (Å²) in [6.45, 7) is 3.88. The number of nitrogens with zero attached hydrogens (tertiary/aromatic N) is 2. The number of pyridine rings is 1. The minimum atomic E-state index is 0.158. The average molecular weight is 267 g/mol. The van der Waals surface area contributed by atoms with Crippen molar-refractivity contribution in [1.29, 1.82) is 0 Å². The number of carbonyl (C=O) groups is 1. The van der Waals surface area contributed by atoms with E-state index in [4.69, 9.17) is 0 Å². The molecule has 2 atom stereocenters. The Morgan fingerprint density at radius 2 is 2.00 bits per heavy atom. The van der Waals surface area contributed by atoms with Gasteiger partial charge in [-0.25, -0.2) is 0 Å². The van der Waals surface area contributed by atoms with Gasteiger partial charge in [-0.3, -0.25) is 9.78 Å². The first-order chi connectivity index (χ1) is 9.81. The van der Waals surface area contributed by atoms with Crippen molar-refractivity contribution in [2.45, 2.75) is 0 Å². The van der Waals surface area contributed by atoms with E-state index in [-0.39, 0.29) is 5.91 Å². The van der Waals surface area contributed by atoms with E-state index in [1.807, 2.05) is 35.2 Å². The largest absolute Gasteiger partial charge is 0.338 e. The van der Waals surface area contributed by atoms with Crippen molar-refractivity contribution >= 4 is 16.8 Å². The van der Waals surface area contributed by atoms with E-state index >= 15 is 0 Å². The molecule has 0 bridgehead atoms. The van der Waals surface area contributed by atoms with E-state index < -0.39 is 0 Å². The van der Waals surface area contributed by atoms with Gasteiger partial charge in [0.1, 0.15) is 0 Å². The summed E-state index contributed by atoms with van der Waals surface area (Å²) in [6, 6.07) is 9.69. The molecule has 2 aliphatic rings. The maximum Gasteiger partial charge on any atom is 0.253 e. The summed E-state index contributed by atoms with van der Waals surface area (Å²) < 4.78 is 0. The molecule has 2 aliphatic heterocycles. The quantitative estimate of drug-likeness (QED) is 0.852. The van der Waals surface area contributed by atoms with Gasteiger partial charge in [0, 0.05) is 43.3 Å². The monoisotopic (exact) mass is 267 g/mol. The Morgan fingerprint density at radius 1 is 1.20 bits per heavy atom. The average Bonchev–Trinajstić information content (AvgIpc) is 3.07. The zero-order chi connectivity index (χ0) is 13.5. The fourth-order valence-electron chi connectivity index (χ4n) is 3.41. The molecule has 0 saturated carbocycles. The van der Waals surface area contributed by atoms with Crippen LogP contribution < -0.4 is 5.32 Å². The van der Waals surface area contributed by atoms with Crippen molar-refractivity contribution in [3.05, 3.63) is 42.1 Å². The molecule has 102 valence electrons. The highest BCUT2D eigenvalue weighted by molar-refractivity contribution is 5.98. The Morgan fingerprint density at radius 3 is 2.80 bits per heavy atom. The Balaban J connectivity index is 1.61. The van der Waals surface area contributed by atoms with E-state index in [1.54, 1.807) is 6.20 Å². The maximum absolute atomic E-state index is 12.6. The summed E-state index contributed by atoms with van der Waals surface area (Å²) >= 11 is 0. The topological polar surface area (TPSA) is 45.2 Å². The Bertz CT molecular complexity index is 658. The van der Waals surface area contributed by atoms with Crippen LogP contribution in [0.3, 0.4) is 0 Å². The number of hydrogen-bond acceptors (Lipinski definition) is 3. The van der Waals surface area contributed by atoms with Crippen LogP contribution in [0.2, 0.25) is 0 Å². The van der Waals surface area contributed by atoms with Crippen LogP contribution in [0.25, 0.3) is 10.9 Å². The molecule has 2 aromatic rings. The van der Waals surface area contributed by atoms with Crippen LogP contribution >= 0.6 is 0 Å². The van der Waals surface area contributed by atoms with Crippen LogP contribution in [-0.4, -0.2) is 42.0 Å². The highest BCUT2D eigenvalue weighted by Crippen LogP contribution is 2.27. The minimum absolute atomic E-state index is 0.158. The Hall–Kier alpha value is -1.94. The van der Waals surface area contributed by atoms with E-state index in [9.17, 15) is 4.79 Å². The summed E-state index contributed by atoms with van der Waals surface area (Å²) in [4.78, 5) is 18.9. The van der Waals surface area contributed by atoms with Gasteiger partial charge >= 0.3 is 0 Å². The standard InChI is InChI=1S/C16H17N3O/c20-16(19-9-13-7-17-8-14(13)10-19)12-3-4-15-11(6-12)2-1-5-18-15/h1-6,13-14,17H,7-10H2/t13-,14+. The molecule has 4 nitrogen and oxygen atoms in total. The number of amides is 1. The second kappa shape index (κ2) is 4.56. The molecule has 4 heteroatoms. The summed E-state index contributed by atoms with van der Waals surface area (Å²) in [6.07, 6.45) is 1.78. The smallest absolute Gasteiger partial charge is 0.253 e. The molecular formula is C16H17N3O. The third kappa shape index (κ3) is 1.88. The second-order valence-corrected chi connectivity index (χ2v) is 5.80. The van der Waals surface area contributed by atoms with E-state index in [1.165, 1.54) is 0 Å². The first-order valence-corrected chi connectivity index (χ1v) is 7.16. The predicted octanol–water partition coefficient (Wildman–Crippen LogP) is 1.53. The molecule has 2 fully saturated rings. The van der Waals surface area contributed by atoms with Crippen LogP contribution in [0.4, 0.5) is 0 Å². The molecule has 1 aromatic carbocycles. The number of likely N-dealkylation sites (tertiary alicyclic amines) is 1. The SMILES string of the molecule is O=C(c1ccc2ncccc2c1)N1C[C@H]2CNC[C@H]2C1. The molecule has 2 saturated heterocycles. The van der Waals surface area contributed by atoms with Crippen molar-refractivity contribution in [2.75, 3.05) is 26.2 Å². The third-order valence-electron chi connectivity index (χ3n) is 4.53. The van der Waals surface area contributed by atoms with Crippen molar-refractivity contribution in [3.63, 3.8) is 0 Å². The van der Waals surface area contributed by atoms with Crippen LogP contribution in [-0.2, 0) is 0 Å². The zero-order valence-electron chi connectivity index (χ0n) is 11.2. The van der Waals surface area contributed by atoms with Crippen molar-refractivity contribution < 1.29 is 4.79 Å². The van der Waals surface area contributed by atoms with E-state index in [0.717, 1.165) is 42.6 Å². The number of hydrogen-bond donors (Lipinski definition) is 1.